The fraction of sp³-hybridized carbons (Fsp3) is 0.375. The first kappa shape index (κ1) is 12.9. The highest BCUT2D eigenvalue weighted by Gasteiger charge is 2.21. The molecule has 3 rings (SSSR count). The highest BCUT2D eigenvalue weighted by atomic mass is 16.5. The molecular weight excluding hydrogens is 250 g/mol. The number of nitrogens with one attached hydrogen (secondary N) is 1. The van der Waals surface area contributed by atoms with Crippen molar-refractivity contribution in [2.75, 3.05) is 12.4 Å². The summed E-state index contributed by atoms with van der Waals surface area (Å²) >= 11 is 0. The maximum absolute atomic E-state index is 5.46. The molecule has 1 N–H and O–H groups in total. The van der Waals surface area contributed by atoms with E-state index in [0.29, 0.717) is 6.04 Å². The van der Waals surface area contributed by atoms with Gasteiger partial charge in [-0.25, -0.2) is 0 Å². The lowest BCUT2D eigenvalue weighted by atomic mass is 10.0. The lowest BCUT2D eigenvalue weighted by molar-refractivity contribution is 0.416. The summed E-state index contributed by atoms with van der Waals surface area (Å²) in [6, 6.07) is 8.71. The Morgan fingerprint density at radius 1 is 1.10 bits per heavy atom. The van der Waals surface area contributed by atoms with Crippen LogP contribution in [-0.2, 0) is 0 Å². The molecule has 0 spiro atoms. The highest BCUT2D eigenvalue weighted by molar-refractivity contribution is 5.69. The number of anilines is 1. The monoisotopic (exact) mass is 269 g/mol. The molecule has 0 amide bonds. The molecular formula is C16H19N3O. The predicted molar refractivity (Wildman–Crippen MR) is 80.1 cm³/mol. The molecule has 1 aromatic carbocycles. The summed E-state index contributed by atoms with van der Waals surface area (Å²) in [4.78, 5) is 0. The van der Waals surface area contributed by atoms with Gasteiger partial charge in [-0.2, -0.15) is 0 Å². The number of nitrogens with zero attached hydrogens (tertiary/aromatic N) is 2. The third-order valence-electron chi connectivity index (χ3n) is 3.69. The fourth-order valence-corrected chi connectivity index (χ4v) is 2.15. The zero-order valence-corrected chi connectivity index (χ0v) is 12.1. The molecule has 4 heteroatoms. The minimum atomic E-state index is 0.589. The number of aryl methyl sites for hydroxylation is 2. The van der Waals surface area contributed by atoms with Crippen LogP contribution in [0, 0.1) is 13.8 Å². The Hall–Kier alpha value is -2.10. The molecule has 1 aliphatic rings. The van der Waals surface area contributed by atoms with Crippen molar-refractivity contribution in [2.24, 2.45) is 0 Å². The van der Waals surface area contributed by atoms with Crippen LogP contribution in [0.2, 0.25) is 0 Å². The van der Waals surface area contributed by atoms with Gasteiger partial charge in [0.1, 0.15) is 11.6 Å². The van der Waals surface area contributed by atoms with E-state index in [4.69, 9.17) is 4.74 Å². The van der Waals surface area contributed by atoms with Crippen molar-refractivity contribution in [1.29, 1.82) is 0 Å². The van der Waals surface area contributed by atoms with Crippen LogP contribution in [0.15, 0.2) is 24.3 Å². The van der Waals surface area contributed by atoms with Gasteiger partial charge in [0.05, 0.1) is 12.8 Å². The quantitative estimate of drug-likeness (QED) is 0.924. The summed E-state index contributed by atoms with van der Waals surface area (Å²) < 4.78 is 5.46. The van der Waals surface area contributed by atoms with E-state index in [-0.39, 0.29) is 0 Å². The normalized spacial score (nSPS) is 14.2. The van der Waals surface area contributed by atoms with Crippen LogP contribution in [0.1, 0.15) is 24.0 Å². The minimum Gasteiger partial charge on any atom is -0.496 e. The lowest BCUT2D eigenvalue weighted by Gasteiger charge is -2.11. The van der Waals surface area contributed by atoms with Gasteiger partial charge in [0, 0.05) is 11.6 Å². The van der Waals surface area contributed by atoms with Gasteiger partial charge in [0.15, 0.2) is 0 Å². The Morgan fingerprint density at radius 3 is 2.45 bits per heavy atom. The number of hydrogen-bond acceptors (Lipinski definition) is 4. The first-order valence-electron chi connectivity index (χ1n) is 6.93. The average molecular weight is 269 g/mol. The maximum atomic E-state index is 5.46. The van der Waals surface area contributed by atoms with Gasteiger partial charge in [-0.3, -0.25) is 0 Å². The van der Waals surface area contributed by atoms with Crippen LogP contribution < -0.4 is 10.1 Å². The summed E-state index contributed by atoms with van der Waals surface area (Å²) in [6.45, 7) is 4.17. The van der Waals surface area contributed by atoms with Crippen LogP contribution in [0.5, 0.6) is 5.75 Å². The van der Waals surface area contributed by atoms with Gasteiger partial charge >= 0.3 is 0 Å². The summed E-state index contributed by atoms with van der Waals surface area (Å²) in [5.41, 5.74) is 4.26. The smallest absolute Gasteiger partial charge is 0.148 e. The Morgan fingerprint density at radius 2 is 1.85 bits per heavy atom. The second-order valence-corrected chi connectivity index (χ2v) is 5.36. The zero-order valence-electron chi connectivity index (χ0n) is 12.1. The minimum absolute atomic E-state index is 0.589. The molecule has 1 saturated carbocycles. The molecule has 1 fully saturated rings. The number of methoxy groups -OCH3 is 1. The third kappa shape index (κ3) is 2.59. The van der Waals surface area contributed by atoms with E-state index in [1.807, 2.05) is 18.2 Å². The Bertz CT molecular complexity index is 618. The maximum Gasteiger partial charge on any atom is 0.148 e. The Kier molecular flexibility index (Phi) is 3.30. The van der Waals surface area contributed by atoms with E-state index in [1.165, 1.54) is 24.0 Å². The van der Waals surface area contributed by atoms with Gasteiger partial charge < -0.3 is 10.1 Å². The predicted octanol–water partition coefficient (Wildman–Crippen LogP) is 3.34. The third-order valence-corrected chi connectivity index (χ3v) is 3.69. The van der Waals surface area contributed by atoms with Crippen LogP contribution in [0.4, 0.5) is 5.82 Å². The largest absolute Gasteiger partial charge is 0.496 e. The van der Waals surface area contributed by atoms with Crippen molar-refractivity contribution in [3.05, 3.63) is 35.4 Å². The van der Waals surface area contributed by atoms with Crippen LogP contribution >= 0.6 is 0 Å². The van der Waals surface area contributed by atoms with Crippen molar-refractivity contribution in [2.45, 2.75) is 32.7 Å². The van der Waals surface area contributed by atoms with Crippen molar-refractivity contribution >= 4 is 5.82 Å². The lowest BCUT2D eigenvalue weighted by Crippen LogP contribution is -2.04. The average Bonchev–Trinajstić information content (AvgIpc) is 3.26. The van der Waals surface area contributed by atoms with E-state index in [0.717, 1.165) is 22.8 Å². The molecule has 4 nitrogen and oxygen atoms in total. The number of aromatic nitrogens is 2. The fourth-order valence-electron chi connectivity index (χ4n) is 2.15. The molecule has 1 aromatic heterocycles. The molecule has 0 saturated heterocycles. The van der Waals surface area contributed by atoms with E-state index < -0.39 is 0 Å². The second-order valence-electron chi connectivity index (χ2n) is 5.36. The molecule has 0 radical (unpaired) electrons. The number of rotatable bonds is 4. The molecule has 20 heavy (non-hydrogen) atoms. The SMILES string of the molecule is COc1cc(C)c(C)cc1-c1ccc(NC2CC2)nn1. The number of hydrogen-bond donors (Lipinski definition) is 1. The van der Waals surface area contributed by atoms with Crippen LogP contribution in [0.25, 0.3) is 11.3 Å². The van der Waals surface area contributed by atoms with Crippen molar-refractivity contribution in [1.82, 2.24) is 10.2 Å². The topological polar surface area (TPSA) is 47.0 Å². The highest BCUT2D eigenvalue weighted by Crippen LogP contribution is 2.31. The molecule has 1 heterocycles. The van der Waals surface area contributed by atoms with E-state index in [9.17, 15) is 0 Å². The Balaban J connectivity index is 1.93. The molecule has 2 aromatic rings. The summed E-state index contributed by atoms with van der Waals surface area (Å²) in [5, 5.41) is 11.9. The first-order chi connectivity index (χ1) is 9.67. The standard InChI is InChI=1S/C16H19N3O/c1-10-8-13(15(20-3)9-11(10)2)14-6-7-16(19-18-14)17-12-4-5-12/h6-9,12H,4-5H2,1-3H3,(H,17,19). The van der Waals surface area contributed by atoms with Crippen LogP contribution in [0.3, 0.4) is 0 Å². The van der Waals surface area contributed by atoms with Gasteiger partial charge in [-0.1, -0.05) is 0 Å². The van der Waals surface area contributed by atoms with E-state index in [2.05, 4.69) is 35.4 Å². The molecule has 1 aliphatic carbocycles. The summed E-state index contributed by atoms with van der Waals surface area (Å²) in [6.07, 6.45) is 2.46. The Labute approximate surface area is 119 Å². The van der Waals surface area contributed by atoms with Crippen molar-refractivity contribution in [3.63, 3.8) is 0 Å². The van der Waals surface area contributed by atoms with Gasteiger partial charge in [0.2, 0.25) is 0 Å². The molecule has 0 atom stereocenters. The van der Waals surface area contributed by atoms with Gasteiger partial charge in [-0.05, 0) is 62.1 Å². The van der Waals surface area contributed by atoms with Crippen molar-refractivity contribution < 1.29 is 4.74 Å². The zero-order chi connectivity index (χ0) is 14.1. The number of benzene rings is 1. The molecule has 0 bridgehead atoms. The van der Waals surface area contributed by atoms with E-state index >= 15 is 0 Å². The van der Waals surface area contributed by atoms with E-state index in [1.54, 1.807) is 7.11 Å². The van der Waals surface area contributed by atoms with Gasteiger partial charge in [-0.15, -0.1) is 10.2 Å². The summed E-state index contributed by atoms with van der Waals surface area (Å²) in [7, 11) is 1.68. The first-order valence-corrected chi connectivity index (χ1v) is 6.93. The second kappa shape index (κ2) is 5.12. The molecule has 0 unspecified atom stereocenters. The van der Waals surface area contributed by atoms with Crippen LogP contribution in [-0.4, -0.2) is 23.3 Å². The molecule has 104 valence electrons. The summed E-state index contributed by atoms with van der Waals surface area (Å²) in [5.74, 6) is 1.68. The van der Waals surface area contributed by atoms with Gasteiger partial charge in [0.25, 0.3) is 0 Å². The van der Waals surface area contributed by atoms with Crippen molar-refractivity contribution in [3.8, 4) is 17.0 Å². The molecule has 0 aliphatic heterocycles. The number of ether oxygens (including phenoxy) is 1.